The Balaban J connectivity index is 1.30. The average Bonchev–Trinajstić information content (AvgIpc) is 3.15. The third-order valence-electron chi connectivity index (χ3n) is 9.25. The lowest BCUT2D eigenvalue weighted by atomic mass is 9.68. The Morgan fingerprint density at radius 2 is 1.84 bits per heavy atom. The van der Waals surface area contributed by atoms with E-state index in [1.165, 1.54) is 24.8 Å². The predicted molar refractivity (Wildman–Crippen MR) is 147 cm³/mol. The van der Waals surface area contributed by atoms with Gasteiger partial charge < -0.3 is 19.9 Å². The van der Waals surface area contributed by atoms with Gasteiger partial charge in [-0.1, -0.05) is 42.8 Å². The number of urea groups is 1. The fourth-order valence-electron chi connectivity index (χ4n) is 6.68. The number of benzene rings is 1. The maximum atomic E-state index is 13.8. The third-order valence-corrected chi connectivity index (χ3v) is 9.25. The number of carbonyl (C=O) groups is 2. The number of hydrogen-bond donors (Lipinski definition) is 1. The van der Waals surface area contributed by atoms with Crippen LogP contribution in [0.4, 0.5) is 4.79 Å². The maximum absolute atomic E-state index is 13.8. The molecule has 204 valence electrons. The molecule has 1 aromatic heterocycles. The molecule has 2 heterocycles. The summed E-state index contributed by atoms with van der Waals surface area (Å²) < 4.78 is 5.30. The van der Waals surface area contributed by atoms with E-state index in [0.29, 0.717) is 24.9 Å². The van der Waals surface area contributed by atoms with Crippen molar-refractivity contribution in [1.29, 1.82) is 0 Å². The summed E-state index contributed by atoms with van der Waals surface area (Å²) >= 11 is 0. The van der Waals surface area contributed by atoms with E-state index in [1.54, 1.807) is 18.2 Å². The molecule has 1 spiro atoms. The second kappa shape index (κ2) is 10.9. The van der Waals surface area contributed by atoms with E-state index in [1.807, 2.05) is 12.1 Å². The van der Waals surface area contributed by atoms with Gasteiger partial charge in [-0.05, 0) is 70.2 Å². The van der Waals surface area contributed by atoms with Gasteiger partial charge in [-0.25, -0.2) is 9.78 Å². The van der Waals surface area contributed by atoms with Crippen LogP contribution in [-0.4, -0.2) is 78.0 Å². The summed E-state index contributed by atoms with van der Waals surface area (Å²) in [5.41, 5.74) is 1.91. The van der Waals surface area contributed by atoms with Crippen molar-refractivity contribution < 1.29 is 14.3 Å². The van der Waals surface area contributed by atoms with Crippen molar-refractivity contribution in [2.75, 3.05) is 40.8 Å². The van der Waals surface area contributed by atoms with Crippen molar-refractivity contribution in [2.45, 2.75) is 62.6 Å². The van der Waals surface area contributed by atoms with Crippen molar-refractivity contribution >= 4 is 11.9 Å². The molecule has 2 aromatic rings. The molecule has 3 amide bonds. The number of nitrogens with one attached hydrogen (secondary N) is 1. The molecule has 3 aliphatic rings. The topological polar surface area (TPSA) is 78.0 Å². The highest BCUT2D eigenvalue weighted by Gasteiger charge is 2.55. The summed E-state index contributed by atoms with van der Waals surface area (Å²) in [6, 6.07) is 14.5. The first-order chi connectivity index (χ1) is 18.4. The number of nitrogens with zero attached hydrogens (tertiary/aromatic N) is 4. The van der Waals surface area contributed by atoms with Gasteiger partial charge in [-0.15, -0.1) is 0 Å². The highest BCUT2D eigenvalue weighted by Crippen LogP contribution is 2.49. The minimum Gasteiger partial charge on any atom is -0.481 e. The number of amides is 3. The highest BCUT2D eigenvalue weighted by molar-refractivity contribution is 5.86. The highest BCUT2D eigenvalue weighted by atomic mass is 16.5. The van der Waals surface area contributed by atoms with Gasteiger partial charge in [-0.3, -0.25) is 9.69 Å². The Bertz CT molecular complexity index is 1130. The van der Waals surface area contributed by atoms with Crippen LogP contribution in [0.5, 0.6) is 5.88 Å². The van der Waals surface area contributed by atoms with Crippen LogP contribution in [0.2, 0.25) is 0 Å². The number of ether oxygens (including phenoxy) is 1. The van der Waals surface area contributed by atoms with E-state index in [4.69, 9.17) is 4.74 Å². The van der Waals surface area contributed by atoms with Crippen LogP contribution in [0.1, 0.15) is 56.1 Å². The zero-order valence-corrected chi connectivity index (χ0v) is 23.0. The Hall–Kier alpha value is -3.13. The zero-order valence-electron chi connectivity index (χ0n) is 23.0. The van der Waals surface area contributed by atoms with Gasteiger partial charge in [0.05, 0.1) is 12.6 Å². The van der Waals surface area contributed by atoms with Crippen LogP contribution >= 0.6 is 0 Å². The molecule has 2 saturated carbocycles. The van der Waals surface area contributed by atoms with Crippen molar-refractivity contribution in [3.05, 3.63) is 59.8 Å². The van der Waals surface area contributed by atoms with E-state index in [9.17, 15) is 9.59 Å². The van der Waals surface area contributed by atoms with Crippen molar-refractivity contribution in [3.63, 3.8) is 0 Å². The molecule has 0 radical (unpaired) electrons. The number of hydrogen-bond acceptors (Lipinski definition) is 5. The number of pyridine rings is 1. The Morgan fingerprint density at radius 3 is 2.47 bits per heavy atom. The lowest BCUT2D eigenvalue weighted by Gasteiger charge is -2.51. The minimum atomic E-state index is -0.214. The molecule has 3 fully saturated rings. The fraction of sp³-hybridized carbons (Fsp3) is 0.567. The molecule has 1 saturated heterocycles. The summed E-state index contributed by atoms with van der Waals surface area (Å²) in [5, 5.41) is 2.96. The number of rotatable bonds is 9. The van der Waals surface area contributed by atoms with Crippen LogP contribution < -0.4 is 10.1 Å². The van der Waals surface area contributed by atoms with Gasteiger partial charge >= 0.3 is 6.03 Å². The van der Waals surface area contributed by atoms with Gasteiger partial charge in [-0.2, -0.15) is 0 Å². The van der Waals surface area contributed by atoms with E-state index >= 15 is 0 Å². The Kier molecular flexibility index (Phi) is 7.61. The van der Waals surface area contributed by atoms with Crippen LogP contribution in [0.15, 0.2) is 48.7 Å². The number of methoxy groups -OCH3 is 1. The Labute approximate surface area is 226 Å². The van der Waals surface area contributed by atoms with Gasteiger partial charge in [0.2, 0.25) is 11.8 Å². The van der Waals surface area contributed by atoms with E-state index in [-0.39, 0.29) is 29.6 Å². The number of carbonyl (C=O) groups excluding carboxylic acids is 2. The molecule has 8 nitrogen and oxygen atoms in total. The van der Waals surface area contributed by atoms with E-state index < -0.39 is 0 Å². The molecule has 1 N–H and O–H groups in total. The second-order valence-corrected chi connectivity index (χ2v) is 11.5. The smallest absolute Gasteiger partial charge is 0.321 e. The Morgan fingerprint density at radius 1 is 1.11 bits per heavy atom. The lowest BCUT2D eigenvalue weighted by Crippen LogP contribution is -2.56. The van der Waals surface area contributed by atoms with Crippen LogP contribution in [-0.2, 0) is 16.9 Å². The first-order valence-corrected chi connectivity index (χ1v) is 13.9. The van der Waals surface area contributed by atoms with Gasteiger partial charge in [0.15, 0.2) is 0 Å². The van der Waals surface area contributed by atoms with Crippen LogP contribution in [0.25, 0.3) is 0 Å². The molecule has 8 heteroatoms. The predicted octanol–water partition coefficient (Wildman–Crippen LogP) is 4.01. The van der Waals surface area contributed by atoms with Gasteiger partial charge in [0, 0.05) is 36.9 Å². The molecule has 5 rings (SSSR count). The summed E-state index contributed by atoms with van der Waals surface area (Å²) in [4.78, 5) is 37.2. The molecule has 0 atom stereocenters. The largest absolute Gasteiger partial charge is 0.481 e. The SMILES string of the molecule is COc1ncccc1CNC(=O)CN1CC2(CCC(c3ccccc3)(N(C)C)CC2)N(CC2CCC2)C1=O. The molecular formula is C30H41N5O3. The maximum Gasteiger partial charge on any atom is 0.321 e. The van der Waals surface area contributed by atoms with Crippen molar-refractivity contribution in [1.82, 2.24) is 25.0 Å². The van der Waals surface area contributed by atoms with Crippen molar-refractivity contribution in [3.8, 4) is 5.88 Å². The third kappa shape index (κ3) is 4.98. The van der Waals surface area contributed by atoms with Gasteiger partial charge in [0.1, 0.15) is 6.54 Å². The van der Waals surface area contributed by atoms with E-state index in [0.717, 1.165) is 37.8 Å². The standard InChI is InChI=1S/C30H41N5O3/c1-33(2)30(25-12-5-4-6-13-25)16-14-29(15-17-30)22-34(28(37)35(29)20-23-9-7-10-23)21-26(36)32-19-24-11-8-18-31-27(24)38-3/h4-6,8,11-13,18,23H,7,9-10,14-17,19-22H2,1-3H3,(H,32,36). The zero-order chi connectivity index (χ0) is 26.8. The molecule has 1 aromatic carbocycles. The van der Waals surface area contributed by atoms with Crippen molar-refractivity contribution in [2.24, 2.45) is 5.92 Å². The van der Waals surface area contributed by atoms with Gasteiger partial charge in [0.25, 0.3) is 0 Å². The normalized spacial score (nSPS) is 25.6. The second-order valence-electron chi connectivity index (χ2n) is 11.5. The molecule has 2 aliphatic carbocycles. The first-order valence-electron chi connectivity index (χ1n) is 13.9. The molecular weight excluding hydrogens is 478 g/mol. The molecule has 38 heavy (non-hydrogen) atoms. The summed E-state index contributed by atoms with van der Waals surface area (Å²) in [5.74, 6) is 0.922. The average molecular weight is 520 g/mol. The quantitative estimate of drug-likeness (QED) is 0.542. The summed E-state index contributed by atoms with van der Waals surface area (Å²) in [7, 11) is 5.91. The summed E-state index contributed by atoms with van der Waals surface area (Å²) in [6.07, 6.45) is 9.14. The van der Waals surface area contributed by atoms with Crippen LogP contribution in [0.3, 0.4) is 0 Å². The first kappa shape index (κ1) is 26.5. The number of aromatic nitrogens is 1. The lowest BCUT2D eigenvalue weighted by molar-refractivity contribution is -0.121. The fourth-order valence-corrected chi connectivity index (χ4v) is 6.68. The monoisotopic (exact) mass is 519 g/mol. The molecule has 1 aliphatic heterocycles. The minimum absolute atomic E-state index is 0.0167. The van der Waals surface area contributed by atoms with Crippen LogP contribution in [0, 0.1) is 5.92 Å². The van der Waals surface area contributed by atoms with E-state index in [2.05, 4.69) is 64.5 Å². The molecule has 0 bridgehead atoms. The molecule has 0 unspecified atom stereocenters. The summed E-state index contributed by atoms with van der Waals surface area (Å²) in [6.45, 7) is 1.81.